The van der Waals surface area contributed by atoms with Crippen LogP contribution in [-0.4, -0.2) is 41.2 Å². The Labute approximate surface area is 132 Å². The summed E-state index contributed by atoms with van der Waals surface area (Å²) in [6.45, 7) is 3.93. The van der Waals surface area contributed by atoms with E-state index in [1.54, 1.807) is 6.20 Å². The minimum atomic E-state index is -0.412. The fourth-order valence-corrected chi connectivity index (χ4v) is 2.55. The van der Waals surface area contributed by atoms with Crippen LogP contribution in [-0.2, 0) is 6.54 Å². The molecule has 0 radical (unpaired) electrons. The van der Waals surface area contributed by atoms with Gasteiger partial charge in [-0.2, -0.15) is 0 Å². The minimum Gasteiger partial charge on any atom is -0.502 e. The van der Waals surface area contributed by atoms with Gasteiger partial charge in [-0.3, -0.25) is 9.69 Å². The predicted octanol–water partition coefficient (Wildman–Crippen LogP) is 1.72. The number of piperazine rings is 1. The molecule has 1 saturated heterocycles. The van der Waals surface area contributed by atoms with Crippen LogP contribution in [0.15, 0.2) is 39.9 Å². The van der Waals surface area contributed by atoms with Gasteiger partial charge in [-0.15, -0.1) is 0 Å². The Morgan fingerprint density at radius 3 is 2.68 bits per heavy atom. The third-order valence-electron chi connectivity index (χ3n) is 3.65. The lowest BCUT2D eigenvalue weighted by Gasteiger charge is -2.35. The molecular formula is C15H16ClN3O3. The second kappa shape index (κ2) is 6.37. The maximum atomic E-state index is 11.4. The van der Waals surface area contributed by atoms with E-state index in [-0.39, 0.29) is 5.75 Å². The van der Waals surface area contributed by atoms with Crippen molar-refractivity contribution in [3.63, 3.8) is 0 Å². The molecule has 1 aliphatic rings. The third-order valence-corrected chi connectivity index (χ3v) is 3.88. The molecule has 0 amide bonds. The number of aromatic hydroxyl groups is 1. The molecule has 0 spiro atoms. The lowest BCUT2D eigenvalue weighted by atomic mass is 10.2. The number of rotatable bonds is 3. The van der Waals surface area contributed by atoms with E-state index < -0.39 is 5.43 Å². The molecule has 0 aliphatic carbocycles. The van der Waals surface area contributed by atoms with Crippen LogP contribution in [0.5, 0.6) is 5.75 Å². The zero-order valence-electron chi connectivity index (χ0n) is 11.9. The van der Waals surface area contributed by atoms with E-state index >= 15 is 0 Å². The molecule has 3 heterocycles. The molecule has 2 aromatic rings. The highest BCUT2D eigenvalue weighted by Gasteiger charge is 2.19. The molecule has 116 valence electrons. The van der Waals surface area contributed by atoms with Crippen LogP contribution in [0, 0.1) is 0 Å². The standard InChI is InChI=1S/C15H16ClN3O3/c16-11-1-2-15(17-8-11)19-5-3-18(4-6-19)9-12-7-13(20)14(21)10-22-12/h1-2,7-8,10,21H,3-6,9H2. The van der Waals surface area contributed by atoms with E-state index in [0.29, 0.717) is 17.3 Å². The Hall–Kier alpha value is -2.05. The Bertz CT molecular complexity index is 694. The van der Waals surface area contributed by atoms with Crippen LogP contribution in [0.25, 0.3) is 0 Å². The molecule has 3 rings (SSSR count). The highest BCUT2D eigenvalue weighted by molar-refractivity contribution is 6.30. The first-order valence-corrected chi connectivity index (χ1v) is 7.39. The van der Waals surface area contributed by atoms with E-state index in [9.17, 15) is 9.90 Å². The van der Waals surface area contributed by atoms with Crippen LogP contribution >= 0.6 is 11.6 Å². The van der Waals surface area contributed by atoms with Crippen LogP contribution < -0.4 is 10.3 Å². The summed E-state index contributed by atoms with van der Waals surface area (Å²) in [5.74, 6) is 1.11. The van der Waals surface area contributed by atoms with Crippen LogP contribution in [0.2, 0.25) is 5.02 Å². The molecule has 0 saturated carbocycles. The fourth-order valence-electron chi connectivity index (χ4n) is 2.44. The van der Waals surface area contributed by atoms with Gasteiger partial charge in [-0.25, -0.2) is 4.98 Å². The minimum absolute atomic E-state index is 0.359. The van der Waals surface area contributed by atoms with Gasteiger partial charge in [0, 0.05) is 38.4 Å². The largest absolute Gasteiger partial charge is 0.502 e. The van der Waals surface area contributed by atoms with E-state index in [1.807, 2.05) is 12.1 Å². The first-order chi connectivity index (χ1) is 10.6. The number of hydrogen-bond donors (Lipinski definition) is 1. The molecule has 6 nitrogen and oxygen atoms in total. The van der Waals surface area contributed by atoms with Crippen LogP contribution in [0.1, 0.15) is 5.76 Å². The van der Waals surface area contributed by atoms with Gasteiger partial charge >= 0.3 is 0 Å². The highest BCUT2D eigenvalue weighted by Crippen LogP contribution is 2.17. The molecular weight excluding hydrogens is 306 g/mol. The second-order valence-corrected chi connectivity index (χ2v) is 5.63. The zero-order chi connectivity index (χ0) is 15.5. The summed E-state index contributed by atoms with van der Waals surface area (Å²) in [5.41, 5.74) is -0.412. The number of anilines is 1. The van der Waals surface area contributed by atoms with Gasteiger partial charge in [-0.1, -0.05) is 11.6 Å². The topological polar surface area (TPSA) is 69.8 Å². The summed E-state index contributed by atoms with van der Waals surface area (Å²) >= 11 is 5.84. The molecule has 0 bridgehead atoms. The van der Waals surface area contributed by atoms with E-state index in [4.69, 9.17) is 16.0 Å². The summed E-state index contributed by atoms with van der Waals surface area (Å²) in [6, 6.07) is 5.08. The average Bonchev–Trinajstić information content (AvgIpc) is 2.53. The third kappa shape index (κ3) is 3.40. The normalized spacial score (nSPS) is 16.0. The quantitative estimate of drug-likeness (QED) is 0.928. The molecule has 1 fully saturated rings. The number of pyridine rings is 1. The Balaban J connectivity index is 1.58. The van der Waals surface area contributed by atoms with Crippen LogP contribution in [0.4, 0.5) is 5.82 Å². The van der Waals surface area contributed by atoms with E-state index in [0.717, 1.165) is 38.3 Å². The number of nitrogens with zero attached hydrogens (tertiary/aromatic N) is 3. The maximum Gasteiger partial charge on any atom is 0.226 e. The molecule has 1 aliphatic heterocycles. The molecule has 0 atom stereocenters. The highest BCUT2D eigenvalue weighted by atomic mass is 35.5. The van der Waals surface area contributed by atoms with Gasteiger partial charge in [0.15, 0.2) is 5.75 Å². The molecule has 0 unspecified atom stereocenters. The number of halogens is 1. The molecule has 2 aromatic heterocycles. The van der Waals surface area contributed by atoms with Crippen molar-refractivity contribution in [1.82, 2.24) is 9.88 Å². The predicted molar refractivity (Wildman–Crippen MR) is 83.4 cm³/mol. The summed E-state index contributed by atoms with van der Waals surface area (Å²) in [6.07, 6.45) is 2.74. The van der Waals surface area contributed by atoms with Gasteiger partial charge in [0.1, 0.15) is 17.8 Å². The monoisotopic (exact) mass is 321 g/mol. The molecule has 0 aromatic carbocycles. The lowest BCUT2D eigenvalue weighted by Crippen LogP contribution is -2.46. The van der Waals surface area contributed by atoms with Gasteiger partial charge in [0.25, 0.3) is 0 Å². The van der Waals surface area contributed by atoms with Crippen molar-refractivity contribution >= 4 is 17.4 Å². The molecule has 22 heavy (non-hydrogen) atoms. The smallest absolute Gasteiger partial charge is 0.226 e. The average molecular weight is 322 g/mol. The molecule has 1 N–H and O–H groups in total. The Morgan fingerprint density at radius 2 is 2.05 bits per heavy atom. The maximum absolute atomic E-state index is 11.4. The summed E-state index contributed by atoms with van der Waals surface area (Å²) in [7, 11) is 0. The van der Waals surface area contributed by atoms with Crippen LogP contribution in [0.3, 0.4) is 0 Å². The lowest BCUT2D eigenvalue weighted by molar-refractivity contribution is 0.226. The van der Waals surface area contributed by atoms with Gasteiger partial charge < -0.3 is 14.4 Å². The van der Waals surface area contributed by atoms with E-state index in [2.05, 4.69) is 14.8 Å². The first-order valence-electron chi connectivity index (χ1n) is 7.01. The second-order valence-electron chi connectivity index (χ2n) is 5.19. The summed E-state index contributed by atoms with van der Waals surface area (Å²) in [4.78, 5) is 20.1. The van der Waals surface area contributed by atoms with Crippen molar-refractivity contribution in [3.8, 4) is 5.75 Å². The van der Waals surface area contributed by atoms with Crippen molar-refractivity contribution in [1.29, 1.82) is 0 Å². The SMILES string of the molecule is O=c1cc(CN2CCN(c3ccc(Cl)cn3)CC2)occ1O. The molecule has 7 heteroatoms. The van der Waals surface area contributed by atoms with Crippen molar-refractivity contribution in [3.05, 3.63) is 51.7 Å². The van der Waals surface area contributed by atoms with Gasteiger partial charge in [0.05, 0.1) is 11.6 Å². The number of aromatic nitrogens is 1. The first kappa shape index (κ1) is 14.9. The summed E-state index contributed by atoms with van der Waals surface area (Å²) in [5, 5.41) is 9.82. The fraction of sp³-hybridized carbons (Fsp3) is 0.333. The van der Waals surface area contributed by atoms with Crippen molar-refractivity contribution < 1.29 is 9.52 Å². The Kier molecular flexibility index (Phi) is 4.31. The van der Waals surface area contributed by atoms with Crippen molar-refractivity contribution in [2.75, 3.05) is 31.1 Å². The number of hydrogen-bond acceptors (Lipinski definition) is 6. The zero-order valence-corrected chi connectivity index (χ0v) is 12.7. The summed E-state index contributed by atoms with van der Waals surface area (Å²) < 4.78 is 5.23. The van der Waals surface area contributed by atoms with Crippen molar-refractivity contribution in [2.24, 2.45) is 0 Å². The van der Waals surface area contributed by atoms with Crippen molar-refractivity contribution in [2.45, 2.75) is 6.54 Å². The Morgan fingerprint density at radius 1 is 1.27 bits per heavy atom. The van der Waals surface area contributed by atoms with Gasteiger partial charge in [-0.05, 0) is 12.1 Å². The van der Waals surface area contributed by atoms with Gasteiger partial charge in [0.2, 0.25) is 5.43 Å². The van der Waals surface area contributed by atoms with E-state index in [1.165, 1.54) is 6.07 Å².